The minimum atomic E-state index is -1.16. The molecule has 5 heteroatoms. The molecule has 0 spiro atoms. The van der Waals surface area contributed by atoms with Crippen molar-refractivity contribution in [2.45, 2.75) is 52.9 Å². The predicted octanol–water partition coefficient (Wildman–Crippen LogP) is 5.29. The molecule has 0 heterocycles. The topological polar surface area (TPSA) is 77.8 Å². The third kappa shape index (κ3) is 5.17. The lowest BCUT2D eigenvalue weighted by Crippen LogP contribution is -2.23. The Morgan fingerprint density at radius 3 is 2.10 bits per heavy atom. The monoisotopic (exact) mass is 397 g/mol. The number of hydrogen-bond acceptors (Lipinski definition) is 4. The molecule has 2 rings (SSSR count). The summed E-state index contributed by atoms with van der Waals surface area (Å²) in [5.74, 6) is -1.66. The van der Waals surface area contributed by atoms with Crippen molar-refractivity contribution in [1.82, 2.24) is 0 Å². The van der Waals surface area contributed by atoms with Crippen LogP contribution in [-0.2, 0) is 6.42 Å². The fourth-order valence-corrected chi connectivity index (χ4v) is 3.66. The Labute approximate surface area is 173 Å². The zero-order valence-electron chi connectivity index (χ0n) is 17.6. The van der Waals surface area contributed by atoms with E-state index in [1.165, 1.54) is 12.1 Å². The van der Waals surface area contributed by atoms with Gasteiger partial charge in [-0.2, -0.15) is 0 Å². The molecule has 0 aliphatic heterocycles. The summed E-state index contributed by atoms with van der Waals surface area (Å²) in [6, 6.07) is 9.60. The molecule has 0 aliphatic rings. The Hall–Kier alpha value is -2.82. The number of carboxylic acid groups (broad SMARTS) is 1. The Morgan fingerprint density at radius 2 is 1.52 bits per heavy atom. The van der Waals surface area contributed by atoms with E-state index in [4.69, 9.17) is 0 Å². The largest absolute Gasteiger partial charge is 0.507 e. The van der Waals surface area contributed by atoms with Crippen LogP contribution in [0.5, 0.6) is 5.75 Å². The van der Waals surface area contributed by atoms with Gasteiger partial charge in [-0.15, -0.1) is 0 Å². The highest BCUT2D eigenvalue weighted by Crippen LogP contribution is 2.35. The van der Waals surface area contributed by atoms with Crippen LogP contribution in [0.25, 0.3) is 0 Å². The van der Waals surface area contributed by atoms with Gasteiger partial charge in [0.1, 0.15) is 5.75 Å². The summed E-state index contributed by atoms with van der Waals surface area (Å²) in [5, 5.41) is 20.4. The molecular weight excluding hydrogens is 366 g/mol. The summed E-state index contributed by atoms with van der Waals surface area (Å²) in [5.41, 5.74) is 1.88. The van der Waals surface area contributed by atoms with Crippen LogP contribution in [0.1, 0.15) is 78.3 Å². The second-order valence-corrected chi connectivity index (χ2v) is 7.12. The second kappa shape index (κ2) is 10.6. The lowest BCUT2D eigenvalue weighted by Gasteiger charge is -2.25. The van der Waals surface area contributed by atoms with Gasteiger partial charge in [-0.05, 0) is 44.9 Å². The van der Waals surface area contributed by atoms with Crippen LogP contribution >= 0.6 is 0 Å². The Kier molecular flexibility index (Phi) is 8.25. The minimum absolute atomic E-state index is 0.0314. The SMILES string of the molecule is CCCCCCc1c(N(CC)CC)ccc(C(=O)c2ccccc2C(=O)O)c1O. The third-order valence-corrected chi connectivity index (χ3v) is 5.29. The number of phenols is 1. The molecule has 29 heavy (non-hydrogen) atoms. The Morgan fingerprint density at radius 1 is 0.862 bits per heavy atom. The van der Waals surface area contributed by atoms with E-state index in [0.717, 1.165) is 50.0 Å². The standard InChI is InChI=1S/C24H31NO4/c1-4-7-8-9-14-19-21(25(5-2)6-3)16-15-20(23(19)27)22(26)17-12-10-11-13-18(17)24(28)29/h10-13,15-16,27H,4-9,14H2,1-3H3,(H,28,29). The first-order valence-electron chi connectivity index (χ1n) is 10.4. The van der Waals surface area contributed by atoms with Gasteiger partial charge in [0.2, 0.25) is 0 Å². The van der Waals surface area contributed by atoms with E-state index in [2.05, 4.69) is 25.7 Å². The highest BCUT2D eigenvalue weighted by molar-refractivity contribution is 6.15. The van der Waals surface area contributed by atoms with Crippen LogP contribution in [-0.4, -0.2) is 35.1 Å². The zero-order valence-corrected chi connectivity index (χ0v) is 17.6. The van der Waals surface area contributed by atoms with Gasteiger partial charge in [-0.25, -0.2) is 4.79 Å². The van der Waals surface area contributed by atoms with Crippen molar-refractivity contribution in [2.24, 2.45) is 0 Å². The molecule has 2 aromatic rings. The number of aromatic carboxylic acids is 1. The van der Waals surface area contributed by atoms with Crippen molar-refractivity contribution in [3.05, 3.63) is 58.7 Å². The molecule has 0 unspecified atom stereocenters. The van der Waals surface area contributed by atoms with Gasteiger partial charge in [-0.3, -0.25) is 4.79 Å². The number of ketones is 1. The van der Waals surface area contributed by atoms with Crippen molar-refractivity contribution in [3.8, 4) is 5.75 Å². The van der Waals surface area contributed by atoms with Crippen molar-refractivity contribution < 1.29 is 19.8 Å². The number of nitrogens with zero attached hydrogens (tertiary/aromatic N) is 1. The van der Waals surface area contributed by atoms with E-state index < -0.39 is 11.8 Å². The van der Waals surface area contributed by atoms with Crippen LogP contribution in [0.3, 0.4) is 0 Å². The third-order valence-electron chi connectivity index (χ3n) is 5.29. The molecule has 0 aromatic heterocycles. The first-order chi connectivity index (χ1) is 14.0. The van der Waals surface area contributed by atoms with E-state index in [0.29, 0.717) is 6.42 Å². The van der Waals surface area contributed by atoms with E-state index in [-0.39, 0.29) is 22.4 Å². The molecule has 5 nitrogen and oxygen atoms in total. The Balaban J connectivity index is 2.50. The summed E-state index contributed by atoms with van der Waals surface area (Å²) in [4.78, 5) is 26.8. The number of hydrogen-bond donors (Lipinski definition) is 2. The number of anilines is 1. The maximum atomic E-state index is 13.1. The maximum absolute atomic E-state index is 13.1. The van der Waals surface area contributed by atoms with E-state index in [1.54, 1.807) is 18.2 Å². The molecule has 0 bridgehead atoms. The molecule has 0 atom stereocenters. The number of phenolic OH excluding ortho intramolecular Hbond substituents is 1. The van der Waals surface area contributed by atoms with Gasteiger partial charge in [0.05, 0.1) is 11.1 Å². The molecule has 0 fully saturated rings. The van der Waals surface area contributed by atoms with Gasteiger partial charge < -0.3 is 15.1 Å². The van der Waals surface area contributed by atoms with Crippen molar-refractivity contribution in [3.63, 3.8) is 0 Å². The summed E-state index contributed by atoms with van der Waals surface area (Å²) in [6.45, 7) is 7.87. The van der Waals surface area contributed by atoms with Crippen LogP contribution in [0.15, 0.2) is 36.4 Å². The molecule has 0 saturated heterocycles. The summed E-state index contributed by atoms with van der Waals surface area (Å²) in [7, 11) is 0. The first kappa shape index (κ1) is 22.5. The number of benzene rings is 2. The smallest absolute Gasteiger partial charge is 0.336 e. The molecule has 0 amide bonds. The quantitative estimate of drug-likeness (QED) is 0.398. The highest BCUT2D eigenvalue weighted by Gasteiger charge is 2.23. The van der Waals surface area contributed by atoms with Crippen molar-refractivity contribution in [2.75, 3.05) is 18.0 Å². The summed E-state index contributed by atoms with van der Waals surface area (Å²) in [6.07, 6.45) is 4.93. The summed E-state index contributed by atoms with van der Waals surface area (Å²) < 4.78 is 0. The molecule has 0 saturated carbocycles. The zero-order chi connectivity index (χ0) is 21.4. The molecule has 156 valence electrons. The number of carboxylic acids is 1. The average molecular weight is 398 g/mol. The van der Waals surface area contributed by atoms with Crippen LogP contribution in [0.2, 0.25) is 0 Å². The van der Waals surface area contributed by atoms with E-state index in [9.17, 15) is 19.8 Å². The maximum Gasteiger partial charge on any atom is 0.336 e. The first-order valence-corrected chi connectivity index (χ1v) is 10.4. The molecule has 0 radical (unpaired) electrons. The van der Waals surface area contributed by atoms with Gasteiger partial charge >= 0.3 is 5.97 Å². The number of carbonyl (C=O) groups excluding carboxylic acids is 1. The number of carbonyl (C=O) groups is 2. The molecule has 0 aliphatic carbocycles. The van der Waals surface area contributed by atoms with Crippen LogP contribution in [0, 0.1) is 0 Å². The van der Waals surface area contributed by atoms with Crippen LogP contribution < -0.4 is 4.90 Å². The average Bonchev–Trinajstić information content (AvgIpc) is 2.73. The van der Waals surface area contributed by atoms with Crippen molar-refractivity contribution >= 4 is 17.4 Å². The number of unbranched alkanes of at least 4 members (excludes halogenated alkanes) is 3. The molecular formula is C24H31NO4. The summed E-state index contributed by atoms with van der Waals surface area (Å²) >= 11 is 0. The molecule has 2 aromatic carbocycles. The number of aromatic hydroxyl groups is 1. The molecule has 2 N–H and O–H groups in total. The number of rotatable bonds is 11. The van der Waals surface area contributed by atoms with Gasteiger partial charge in [0.15, 0.2) is 5.78 Å². The van der Waals surface area contributed by atoms with Crippen LogP contribution in [0.4, 0.5) is 5.69 Å². The fraction of sp³-hybridized carbons (Fsp3) is 0.417. The minimum Gasteiger partial charge on any atom is -0.507 e. The van der Waals surface area contributed by atoms with E-state index >= 15 is 0 Å². The lowest BCUT2D eigenvalue weighted by atomic mass is 9.93. The van der Waals surface area contributed by atoms with Gasteiger partial charge in [0.25, 0.3) is 0 Å². The highest BCUT2D eigenvalue weighted by atomic mass is 16.4. The van der Waals surface area contributed by atoms with E-state index in [1.807, 2.05) is 6.07 Å². The Bertz CT molecular complexity index is 856. The fourth-order valence-electron chi connectivity index (χ4n) is 3.66. The van der Waals surface area contributed by atoms with Gasteiger partial charge in [-0.1, -0.05) is 44.4 Å². The van der Waals surface area contributed by atoms with Gasteiger partial charge in [0, 0.05) is 29.9 Å². The second-order valence-electron chi connectivity index (χ2n) is 7.12. The predicted molar refractivity (Wildman–Crippen MR) is 116 cm³/mol. The normalized spacial score (nSPS) is 10.7. The lowest BCUT2D eigenvalue weighted by molar-refractivity contribution is 0.0692. The van der Waals surface area contributed by atoms with Crippen molar-refractivity contribution in [1.29, 1.82) is 0 Å².